The first-order valence-corrected chi connectivity index (χ1v) is 6.60. The molecule has 4 nitrogen and oxygen atoms in total. The quantitative estimate of drug-likeness (QED) is 0.639. The van der Waals surface area contributed by atoms with Crippen molar-refractivity contribution in [3.8, 4) is 0 Å². The van der Waals surface area contributed by atoms with Crippen molar-refractivity contribution in [3.63, 3.8) is 0 Å². The largest absolute Gasteiger partial charge is 0.467 e. The first kappa shape index (κ1) is 13.9. The summed E-state index contributed by atoms with van der Waals surface area (Å²) in [4.78, 5) is 16.4. The number of para-hydroxylation sites is 1. The summed E-state index contributed by atoms with van der Waals surface area (Å²) in [6.45, 7) is 5.63. The van der Waals surface area contributed by atoms with Crippen molar-refractivity contribution in [2.24, 2.45) is 0 Å². The number of benzene rings is 1. The Morgan fingerprint density at radius 3 is 2.68 bits per heavy atom. The van der Waals surface area contributed by atoms with Gasteiger partial charge in [0.25, 0.3) is 0 Å². The number of carbonyl (C=O) groups excluding carboxylic acids is 1. The van der Waals surface area contributed by atoms with Crippen LogP contribution in [0.2, 0.25) is 0 Å². The summed E-state index contributed by atoms with van der Waals surface area (Å²) < 4.78 is 6.70. The van der Waals surface area contributed by atoms with Gasteiger partial charge in [0, 0.05) is 0 Å². The maximum Gasteiger partial charge on any atom is 0.328 e. The molecule has 5 heteroatoms. The van der Waals surface area contributed by atoms with E-state index in [-0.39, 0.29) is 11.3 Å². The summed E-state index contributed by atoms with van der Waals surface area (Å²) in [5, 5.41) is -0.279. The van der Waals surface area contributed by atoms with E-state index in [0.29, 0.717) is 5.82 Å². The average molecular weight is 281 g/mol. The molecule has 19 heavy (non-hydrogen) atoms. The van der Waals surface area contributed by atoms with E-state index in [4.69, 9.17) is 16.3 Å². The van der Waals surface area contributed by atoms with Crippen molar-refractivity contribution >= 4 is 28.6 Å². The Morgan fingerprint density at radius 1 is 1.42 bits per heavy atom. The number of aromatic nitrogens is 2. The second-order valence-corrected chi connectivity index (χ2v) is 5.25. The number of imidazole rings is 1. The molecule has 0 radical (unpaired) electrons. The van der Waals surface area contributed by atoms with Gasteiger partial charge < -0.3 is 9.30 Å². The molecule has 0 spiro atoms. The molecule has 1 heterocycles. The van der Waals surface area contributed by atoms with Crippen LogP contribution in [-0.4, -0.2) is 22.6 Å². The summed E-state index contributed by atoms with van der Waals surface area (Å²) in [5.41, 5.74) is 2.84. The van der Waals surface area contributed by atoms with Crippen LogP contribution in [0, 0.1) is 6.92 Å². The van der Waals surface area contributed by atoms with E-state index in [1.54, 1.807) is 6.92 Å². The number of alkyl halides is 1. The number of carbonyl (C=O) groups is 1. The van der Waals surface area contributed by atoms with Crippen LogP contribution in [0.5, 0.6) is 0 Å². The summed E-state index contributed by atoms with van der Waals surface area (Å²) in [5.74, 6) is 0.380. The Bertz CT molecular complexity index is 619. The number of methoxy groups -OCH3 is 1. The van der Waals surface area contributed by atoms with Crippen LogP contribution in [0.3, 0.4) is 0 Å². The SMILES string of the molecule is COC(=O)C(C)n1c(C(C)Cl)nc2cccc(C)c21. The molecule has 0 bridgehead atoms. The topological polar surface area (TPSA) is 44.1 Å². The normalized spacial score (nSPS) is 14.4. The van der Waals surface area contributed by atoms with Crippen LogP contribution in [0.25, 0.3) is 11.0 Å². The van der Waals surface area contributed by atoms with Crippen molar-refractivity contribution in [1.29, 1.82) is 0 Å². The van der Waals surface area contributed by atoms with Crippen molar-refractivity contribution in [1.82, 2.24) is 9.55 Å². The standard InChI is InChI=1S/C14H17ClN2O2/c1-8-6-5-7-11-12(8)17(10(3)14(18)19-4)13(16-11)9(2)15/h5-7,9-10H,1-4H3. The highest BCUT2D eigenvalue weighted by molar-refractivity contribution is 6.20. The van der Waals surface area contributed by atoms with Crippen LogP contribution in [-0.2, 0) is 9.53 Å². The predicted octanol–water partition coefficient (Wildman–Crippen LogP) is 3.38. The fourth-order valence-corrected chi connectivity index (χ4v) is 2.44. The fraction of sp³-hybridized carbons (Fsp3) is 0.429. The maximum absolute atomic E-state index is 11.8. The lowest BCUT2D eigenvalue weighted by molar-refractivity contribution is -0.143. The number of esters is 1. The highest BCUT2D eigenvalue weighted by Gasteiger charge is 2.24. The minimum Gasteiger partial charge on any atom is -0.467 e. The van der Waals surface area contributed by atoms with Gasteiger partial charge in [0.2, 0.25) is 0 Å². The van der Waals surface area contributed by atoms with E-state index in [1.807, 2.05) is 36.6 Å². The van der Waals surface area contributed by atoms with Gasteiger partial charge in [0.05, 0.1) is 23.5 Å². The minimum atomic E-state index is -0.452. The molecule has 0 N–H and O–H groups in total. The number of nitrogens with zero attached hydrogens (tertiary/aromatic N) is 2. The van der Waals surface area contributed by atoms with Gasteiger partial charge in [-0.15, -0.1) is 11.6 Å². The van der Waals surface area contributed by atoms with Crippen LogP contribution >= 0.6 is 11.6 Å². The highest BCUT2D eigenvalue weighted by Crippen LogP contribution is 2.30. The Morgan fingerprint density at radius 2 is 2.11 bits per heavy atom. The molecule has 0 saturated heterocycles. The molecule has 0 fully saturated rings. The van der Waals surface area contributed by atoms with Crippen molar-refractivity contribution in [2.75, 3.05) is 7.11 Å². The Hall–Kier alpha value is -1.55. The van der Waals surface area contributed by atoms with E-state index >= 15 is 0 Å². The van der Waals surface area contributed by atoms with Crippen molar-refractivity contribution in [3.05, 3.63) is 29.6 Å². The van der Waals surface area contributed by atoms with E-state index < -0.39 is 6.04 Å². The highest BCUT2D eigenvalue weighted by atomic mass is 35.5. The molecule has 1 aromatic carbocycles. The molecule has 102 valence electrons. The predicted molar refractivity (Wildman–Crippen MR) is 75.5 cm³/mol. The molecule has 2 atom stereocenters. The smallest absolute Gasteiger partial charge is 0.328 e. The van der Waals surface area contributed by atoms with E-state index in [9.17, 15) is 4.79 Å². The number of halogens is 1. The molecule has 2 aromatic rings. The third-order valence-corrected chi connectivity index (χ3v) is 3.42. The first-order chi connectivity index (χ1) is 8.97. The molecule has 0 aliphatic carbocycles. The lowest BCUT2D eigenvalue weighted by atomic mass is 10.2. The summed E-state index contributed by atoms with van der Waals surface area (Å²) in [6.07, 6.45) is 0. The molecule has 0 aliphatic heterocycles. The maximum atomic E-state index is 11.8. The summed E-state index contributed by atoms with van der Waals surface area (Å²) in [7, 11) is 1.38. The van der Waals surface area contributed by atoms with Gasteiger partial charge in [-0.2, -0.15) is 0 Å². The zero-order valence-corrected chi connectivity index (χ0v) is 12.2. The van der Waals surface area contributed by atoms with E-state index in [2.05, 4.69) is 4.98 Å². The van der Waals surface area contributed by atoms with Gasteiger partial charge in [0.15, 0.2) is 0 Å². The van der Waals surface area contributed by atoms with Crippen molar-refractivity contribution in [2.45, 2.75) is 32.2 Å². The van der Waals surface area contributed by atoms with Gasteiger partial charge >= 0.3 is 5.97 Å². The molecule has 1 aromatic heterocycles. The fourth-order valence-electron chi connectivity index (χ4n) is 2.29. The number of fused-ring (bicyclic) bond motifs is 1. The number of hydrogen-bond donors (Lipinski definition) is 0. The lowest BCUT2D eigenvalue weighted by Crippen LogP contribution is -2.20. The Balaban J connectivity index is 2.74. The summed E-state index contributed by atoms with van der Waals surface area (Å²) >= 11 is 6.19. The molecular weight excluding hydrogens is 264 g/mol. The monoisotopic (exact) mass is 280 g/mol. The molecular formula is C14H17ClN2O2. The van der Waals surface area contributed by atoms with Gasteiger partial charge in [0.1, 0.15) is 11.9 Å². The van der Waals surface area contributed by atoms with Crippen molar-refractivity contribution < 1.29 is 9.53 Å². The molecule has 2 rings (SSSR count). The number of hydrogen-bond acceptors (Lipinski definition) is 3. The average Bonchev–Trinajstić information content (AvgIpc) is 2.78. The third kappa shape index (κ3) is 2.32. The molecule has 0 saturated carbocycles. The second kappa shape index (κ2) is 5.21. The van der Waals surface area contributed by atoms with Gasteiger partial charge in [-0.1, -0.05) is 12.1 Å². The van der Waals surface area contributed by atoms with Crippen LogP contribution in [0.4, 0.5) is 0 Å². The van der Waals surface area contributed by atoms with Crippen LogP contribution in [0.15, 0.2) is 18.2 Å². The minimum absolute atomic E-state index is 0.279. The van der Waals surface area contributed by atoms with Crippen LogP contribution in [0.1, 0.15) is 36.7 Å². The van der Waals surface area contributed by atoms with E-state index in [1.165, 1.54) is 7.11 Å². The van der Waals surface area contributed by atoms with Crippen LogP contribution < -0.4 is 0 Å². The Kier molecular flexibility index (Phi) is 3.80. The Labute approximate surface area is 117 Å². The zero-order valence-electron chi connectivity index (χ0n) is 11.5. The molecule has 2 unspecified atom stereocenters. The molecule has 0 amide bonds. The summed E-state index contributed by atoms with van der Waals surface area (Å²) in [6, 6.07) is 5.41. The number of aryl methyl sites for hydroxylation is 1. The first-order valence-electron chi connectivity index (χ1n) is 6.16. The third-order valence-electron chi connectivity index (χ3n) is 3.22. The number of ether oxygens (including phenoxy) is 1. The van der Waals surface area contributed by atoms with Gasteiger partial charge in [-0.3, -0.25) is 0 Å². The van der Waals surface area contributed by atoms with Gasteiger partial charge in [-0.05, 0) is 32.4 Å². The zero-order chi connectivity index (χ0) is 14.2. The van der Waals surface area contributed by atoms with E-state index in [0.717, 1.165) is 16.6 Å². The second-order valence-electron chi connectivity index (χ2n) is 4.60. The van der Waals surface area contributed by atoms with Gasteiger partial charge in [-0.25, -0.2) is 9.78 Å². The lowest BCUT2D eigenvalue weighted by Gasteiger charge is -2.17. The number of rotatable bonds is 3. The molecule has 0 aliphatic rings.